The number of carbonyl (C=O) groups excluding carboxylic acids is 1. The average molecular weight is 327 g/mol. The number of aromatic nitrogens is 2. The average Bonchev–Trinajstić information content (AvgIpc) is 3.02. The lowest BCUT2D eigenvalue weighted by molar-refractivity contribution is 0.0584. The monoisotopic (exact) mass is 327 g/mol. The Morgan fingerprint density at radius 3 is 2.75 bits per heavy atom. The maximum absolute atomic E-state index is 12.1. The number of benzene rings is 1. The first-order valence-electron chi connectivity index (χ1n) is 7.71. The van der Waals surface area contributed by atoms with Crippen LogP contribution in [0.3, 0.4) is 0 Å². The van der Waals surface area contributed by atoms with Crippen molar-refractivity contribution in [2.45, 2.75) is 19.9 Å². The zero-order valence-corrected chi connectivity index (χ0v) is 14.2. The molecular formula is C18H21N3O3. The first-order chi connectivity index (χ1) is 11.5. The van der Waals surface area contributed by atoms with Gasteiger partial charge in [0.15, 0.2) is 0 Å². The van der Waals surface area contributed by atoms with E-state index in [0.717, 1.165) is 16.8 Å². The van der Waals surface area contributed by atoms with Crippen molar-refractivity contribution in [2.75, 3.05) is 14.2 Å². The van der Waals surface area contributed by atoms with Crippen LogP contribution in [0.1, 0.15) is 41.5 Å². The van der Waals surface area contributed by atoms with Crippen molar-refractivity contribution in [2.24, 2.45) is 5.41 Å². The molecule has 0 amide bonds. The molecule has 3 rings (SSSR count). The Morgan fingerprint density at radius 1 is 1.29 bits per heavy atom. The maximum Gasteiger partial charge on any atom is 0.356 e. The predicted molar refractivity (Wildman–Crippen MR) is 90.1 cm³/mol. The number of hydrogen-bond donors (Lipinski definition) is 1. The van der Waals surface area contributed by atoms with E-state index in [4.69, 9.17) is 9.57 Å². The van der Waals surface area contributed by atoms with Crippen LogP contribution in [0.4, 0.5) is 0 Å². The summed E-state index contributed by atoms with van der Waals surface area (Å²) in [6.45, 7) is 4.23. The van der Waals surface area contributed by atoms with Crippen LogP contribution in [0.25, 0.3) is 5.70 Å². The smallest absolute Gasteiger partial charge is 0.356 e. The van der Waals surface area contributed by atoms with Gasteiger partial charge < -0.3 is 9.30 Å². The van der Waals surface area contributed by atoms with E-state index in [0.29, 0.717) is 5.69 Å². The molecule has 0 saturated heterocycles. The number of nitrogens with one attached hydrogen (secondary N) is 1. The third-order valence-electron chi connectivity index (χ3n) is 4.32. The molecule has 24 heavy (non-hydrogen) atoms. The summed E-state index contributed by atoms with van der Waals surface area (Å²) in [5.41, 5.74) is 6.15. The molecule has 1 aromatic heterocycles. The van der Waals surface area contributed by atoms with E-state index in [1.807, 2.05) is 22.8 Å². The number of fused-ring (bicyclic) bond motifs is 1. The summed E-state index contributed by atoms with van der Waals surface area (Å²) in [6, 6.07) is 7.98. The third kappa shape index (κ3) is 2.59. The quantitative estimate of drug-likeness (QED) is 0.691. The van der Waals surface area contributed by atoms with E-state index in [1.54, 1.807) is 13.4 Å². The van der Waals surface area contributed by atoms with E-state index in [-0.39, 0.29) is 11.5 Å². The van der Waals surface area contributed by atoms with Crippen molar-refractivity contribution in [1.82, 2.24) is 15.0 Å². The molecule has 1 atom stereocenters. The van der Waals surface area contributed by atoms with Gasteiger partial charge in [0.25, 0.3) is 0 Å². The highest BCUT2D eigenvalue weighted by Crippen LogP contribution is 2.46. The van der Waals surface area contributed by atoms with E-state index >= 15 is 0 Å². The van der Waals surface area contributed by atoms with Gasteiger partial charge in [-0.25, -0.2) is 9.78 Å². The van der Waals surface area contributed by atoms with Crippen LogP contribution in [0.15, 0.2) is 42.9 Å². The first kappa shape index (κ1) is 16.3. The van der Waals surface area contributed by atoms with E-state index < -0.39 is 5.97 Å². The molecule has 0 radical (unpaired) electrons. The Hall–Kier alpha value is -2.60. The van der Waals surface area contributed by atoms with Crippen LogP contribution < -0.4 is 5.48 Å². The molecule has 0 unspecified atom stereocenters. The summed E-state index contributed by atoms with van der Waals surface area (Å²) in [7, 11) is 2.97. The van der Waals surface area contributed by atoms with Gasteiger partial charge >= 0.3 is 5.97 Å². The lowest BCUT2D eigenvalue weighted by Gasteiger charge is -2.39. The second-order valence-corrected chi connectivity index (χ2v) is 6.35. The fourth-order valence-electron chi connectivity index (χ4n) is 3.39. The molecule has 0 fully saturated rings. The highest BCUT2D eigenvalue weighted by molar-refractivity contribution is 5.87. The van der Waals surface area contributed by atoms with Gasteiger partial charge in [-0.1, -0.05) is 44.2 Å². The normalized spacial score (nSPS) is 18.5. The predicted octanol–water partition coefficient (Wildman–Crippen LogP) is 2.79. The second-order valence-electron chi connectivity index (χ2n) is 6.35. The Morgan fingerprint density at radius 2 is 2.04 bits per heavy atom. The van der Waals surface area contributed by atoms with Crippen molar-refractivity contribution >= 4 is 11.7 Å². The van der Waals surface area contributed by atoms with Crippen molar-refractivity contribution in [3.63, 3.8) is 0 Å². The lowest BCUT2D eigenvalue weighted by atomic mass is 9.73. The molecule has 0 bridgehead atoms. The molecule has 2 aromatic rings. The molecule has 1 aliphatic rings. The van der Waals surface area contributed by atoms with Crippen molar-refractivity contribution in [1.29, 1.82) is 0 Å². The van der Waals surface area contributed by atoms with Gasteiger partial charge in [-0.15, -0.1) is 0 Å². The van der Waals surface area contributed by atoms with Crippen LogP contribution in [-0.2, 0) is 9.57 Å². The maximum atomic E-state index is 12.1. The number of methoxy groups -OCH3 is 1. The molecule has 1 aliphatic carbocycles. The molecule has 6 heteroatoms. The molecular weight excluding hydrogens is 306 g/mol. The van der Waals surface area contributed by atoms with Crippen LogP contribution >= 0.6 is 0 Å². The number of rotatable bonds is 4. The van der Waals surface area contributed by atoms with Gasteiger partial charge in [0.1, 0.15) is 5.69 Å². The molecule has 0 saturated carbocycles. The largest absolute Gasteiger partial charge is 0.464 e. The fourth-order valence-corrected chi connectivity index (χ4v) is 3.39. The Kier molecular flexibility index (Phi) is 4.15. The standard InChI is InChI=1S/C18H21N3O3/c1-18(2)9-14(20-24-4)12-7-5-6-8-13(12)16(18)21-11-19-10-15(21)17(22)23-3/h5-11,16,20H,1-4H3/t16-/m1/s1. The van der Waals surface area contributed by atoms with Crippen molar-refractivity contribution in [3.8, 4) is 0 Å². The van der Waals surface area contributed by atoms with E-state index in [9.17, 15) is 4.79 Å². The zero-order chi connectivity index (χ0) is 17.3. The summed E-state index contributed by atoms with van der Waals surface area (Å²) in [4.78, 5) is 21.4. The zero-order valence-electron chi connectivity index (χ0n) is 14.2. The first-order valence-corrected chi connectivity index (χ1v) is 7.71. The molecule has 0 aliphatic heterocycles. The third-order valence-corrected chi connectivity index (χ3v) is 4.32. The number of allylic oxidation sites excluding steroid dienone is 1. The van der Waals surface area contributed by atoms with Crippen LogP contribution in [0.2, 0.25) is 0 Å². The molecule has 1 heterocycles. The Labute approximate surface area is 141 Å². The van der Waals surface area contributed by atoms with Gasteiger partial charge in [0, 0.05) is 11.0 Å². The minimum Gasteiger partial charge on any atom is -0.464 e. The molecule has 6 nitrogen and oxygen atoms in total. The van der Waals surface area contributed by atoms with Crippen LogP contribution in [0.5, 0.6) is 0 Å². The Bertz CT molecular complexity index is 792. The van der Waals surface area contributed by atoms with E-state index in [2.05, 4.69) is 36.5 Å². The number of imidazole rings is 1. The summed E-state index contributed by atoms with van der Waals surface area (Å²) in [5, 5.41) is 0. The highest BCUT2D eigenvalue weighted by atomic mass is 16.6. The van der Waals surface area contributed by atoms with Crippen LogP contribution in [0, 0.1) is 5.41 Å². The van der Waals surface area contributed by atoms with Gasteiger partial charge in [0.2, 0.25) is 0 Å². The number of hydroxylamine groups is 1. The number of ether oxygens (including phenoxy) is 1. The number of nitrogens with zero attached hydrogens (tertiary/aromatic N) is 2. The van der Waals surface area contributed by atoms with E-state index in [1.165, 1.54) is 13.3 Å². The van der Waals surface area contributed by atoms with Gasteiger partial charge in [-0.05, 0) is 5.56 Å². The summed E-state index contributed by atoms with van der Waals surface area (Å²) in [5.74, 6) is -0.398. The van der Waals surface area contributed by atoms with Crippen molar-refractivity contribution in [3.05, 3.63) is 59.7 Å². The SMILES string of the molecule is CONC1=CC(C)(C)[C@H](n2cncc2C(=O)OC)c2ccccc21. The highest BCUT2D eigenvalue weighted by Gasteiger charge is 2.38. The molecule has 1 N–H and O–H groups in total. The molecule has 0 spiro atoms. The van der Waals surface area contributed by atoms with Crippen LogP contribution in [-0.4, -0.2) is 29.7 Å². The summed E-state index contributed by atoms with van der Waals surface area (Å²) < 4.78 is 6.77. The van der Waals surface area contributed by atoms with Crippen molar-refractivity contribution < 1.29 is 14.4 Å². The number of hydrogen-bond acceptors (Lipinski definition) is 5. The molecule has 1 aromatic carbocycles. The number of esters is 1. The van der Waals surface area contributed by atoms with Gasteiger partial charge in [0.05, 0.1) is 38.5 Å². The fraction of sp³-hybridized carbons (Fsp3) is 0.333. The minimum atomic E-state index is -0.398. The molecule has 126 valence electrons. The second kappa shape index (κ2) is 6.13. The van der Waals surface area contributed by atoms with Gasteiger partial charge in [-0.2, -0.15) is 0 Å². The number of carbonyl (C=O) groups is 1. The lowest BCUT2D eigenvalue weighted by Crippen LogP contribution is -2.34. The summed E-state index contributed by atoms with van der Waals surface area (Å²) in [6.07, 6.45) is 5.33. The van der Waals surface area contributed by atoms with Gasteiger partial charge in [-0.3, -0.25) is 10.3 Å². The summed E-state index contributed by atoms with van der Waals surface area (Å²) >= 11 is 0. The Balaban J connectivity index is 2.19. The minimum absolute atomic E-state index is 0.0901. The topological polar surface area (TPSA) is 65.4 Å².